The summed E-state index contributed by atoms with van der Waals surface area (Å²) in [7, 11) is 0. The van der Waals surface area contributed by atoms with Crippen LogP contribution in [0, 0.1) is 11.8 Å². The highest BCUT2D eigenvalue weighted by Gasteiger charge is 2.17. The predicted molar refractivity (Wildman–Crippen MR) is 75.6 cm³/mol. The molecule has 1 amide bonds. The van der Waals surface area contributed by atoms with Crippen molar-refractivity contribution in [2.24, 2.45) is 11.8 Å². The SMILES string of the molecule is Cl.O=C(COCC1CCOC1)NCC1CCCNC1. The molecule has 2 heterocycles. The molecule has 0 aliphatic carbocycles. The highest BCUT2D eigenvalue weighted by molar-refractivity contribution is 5.85. The van der Waals surface area contributed by atoms with E-state index in [1.165, 1.54) is 12.8 Å². The molecule has 2 saturated heterocycles. The van der Waals surface area contributed by atoms with Gasteiger partial charge in [-0.15, -0.1) is 12.4 Å². The molecular weight excluding hydrogens is 268 g/mol. The number of piperidine rings is 1. The van der Waals surface area contributed by atoms with Gasteiger partial charge in [0.15, 0.2) is 0 Å². The Kier molecular flexibility index (Phi) is 8.37. The summed E-state index contributed by atoms with van der Waals surface area (Å²) in [6, 6.07) is 0. The van der Waals surface area contributed by atoms with Gasteiger partial charge >= 0.3 is 0 Å². The molecule has 6 heteroatoms. The van der Waals surface area contributed by atoms with Crippen LogP contribution in [-0.2, 0) is 14.3 Å². The lowest BCUT2D eigenvalue weighted by molar-refractivity contribution is -0.126. The van der Waals surface area contributed by atoms with Gasteiger partial charge in [-0.05, 0) is 38.3 Å². The fourth-order valence-electron chi connectivity index (χ4n) is 2.44. The normalized spacial score (nSPS) is 26.7. The minimum Gasteiger partial charge on any atom is -0.381 e. The number of carbonyl (C=O) groups is 1. The number of halogens is 1. The number of hydrogen-bond donors (Lipinski definition) is 2. The topological polar surface area (TPSA) is 59.6 Å². The highest BCUT2D eigenvalue weighted by atomic mass is 35.5. The lowest BCUT2D eigenvalue weighted by atomic mass is 10.00. The molecule has 2 aliphatic rings. The van der Waals surface area contributed by atoms with Gasteiger partial charge in [0.2, 0.25) is 5.91 Å². The van der Waals surface area contributed by atoms with Gasteiger partial charge in [0.1, 0.15) is 6.61 Å². The van der Waals surface area contributed by atoms with Crippen LogP contribution in [0.4, 0.5) is 0 Å². The van der Waals surface area contributed by atoms with E-state index in [0.717, 1.165) is 39.3 Å². The number of hydrogen-bond acceptors (Lipinski definition) is 4. The van der Waals surface area contributed by atoms with Crippen LogP contribution in [0.1, 0.15) is 19.3 Å². The third kappa shape index (κ3) is 6.56. The van der Waals surface area contributed by atoms with Crippen molar-refractivity contribution in [3.63, 3.8) is 0 Å². The first-order chi connectivity index (χ1) is 8.84. The Morgan fingerprint density at radius 2 is 2.26 bits per heavy atom. The van der Waals surface area contributed by atoms with Crippen LogP contribution >= 0.6 is 12.4 Å². The summed E-state index contributed by atoms with van der Waals surface area (Å²) < 4.78 is 10.7. The van der Waals surface area contributed by atoms with E-state index in [4.69, 9.17) is 9.47 Å². The number of rotatable bonds is 6. The lowest BCUT2D eigenvalue weighted by Gasteiger charge is -2.22. The van der Waals surface area contributed by atoms with Crippen molar-refractivity contribution >= 4 is 18.3 Å². The van der Waals surface area contributed by atoms with Gasteiger partial charge in [-0.1, -0.05) is 0 Å². The Bertz CT molecular complexity index is 254. The summed E-state index contributed by atoms with van der Waals surface area (Å²) in [5.41, 5.74) is 0. The molecule has 19 heavy (non-hydrogen) atoms. The summed E-state index contributed by atoms with van der Waals surface area (Å²) >= 11 is 0. The van der Waals surface area contributed by atoms with E-state index in [1.54, 1.807) is 0 Å². The second-order valence-electron chi connectivity index (χ2n) is 5.26. The first kappa shape index (κ1) is 16.7. The second kappa shape index (κ2) is 9.53. The Morgan fingerprint density at radius 1 is 1.37 bits per heavy atom. The summed E-state index contributed by atoms with van der Waals surface area (Å²) in [5, 5.41) is 6.28. The molecule has 0 bridgehead atoms. The van der Waals surface area contributed by atoms with Gasteiger partial charge in [-0.3, -0.25) is 4.79 Å². The van der Waals surface area contributed by atoms with Crippen LogP contribution in [0.5, 0.6) is 0 Å². The van der Waals surface area contributed by atoms with Crippen molar-refractivity contribution in [3.8, 4) is 0 Å². The molecule has 0 aromatic rings. The Hall–Kier alpha value is -0.360. The lowest BCUT2D eigenvalue weighted by Crippen LogP contribution is -2.39. The molecule has 0 saturated carbocycles. The molecule has 0 radical (unpaired) electrons. The van der Waals surface area contributed by atoms with E-state index in [2.05, 4.69) is 10.6 Å². The van der Waals surface area contributed by atoms with Crippen LogP contribution in [0.2, 0.25) is 0 Å². The highest BCUT2D eigenvalue weighted by Crippen LogP contribution is 2.12. The number of ether oxygens (including phenoxy) is 2. The van der Waals surface area contributed by atoms with Crippen LogP contribution in [-0.4, -0.2) is 52.0 Å². The Labute approximate surface area is 121 Å². The largest absolute Gasteiger partial charge is 0.381 e. The molecule has 2 fully saturated rings. The fourth-order valence-corrected chi connectivity index (χ4v) is 2.44. The standard InChI is InChI=1S/C13H24N2O3.ClH/c16-13(10-18-9-12-3-5-17-8-12)15-7-11-2-1-4-14-6-11;/h11-12,14H,1-10H2,(H,15,16);1H. The molecular formula is C13H25ClN2O3. The van der Waals surface area contributed by atoms with E-state index in [9.17, 15) is 4.79 Å². The quantitative estimate of drug-likeness (QED) is 0.752. The maximum atomic E-state index is 11.6. The number of amides is 1. The van der Waals surface area contributed by atoms with E-state index < -0.39 is 0 Å². The first-order valence-corrected chi connectivity index (χ1v) is 6.97. The maximum Gasteiger partial charge on any atom is 0.246 e. The molecule has 0 aromatic heterocycles. The van der Waals surface area contributed by atoms with Crippen molar-refractivity contribution in [2.75, 3.05) is 46.1 Å². The second-order valence-corrected chi connectivity index (χ2v) is 5.26. The predicted octanol–water partition coefficient (Wildman–Crippen LogP) is 0.577. The Morgan fingerprint density at radius 3 is 2.95 bits per heavy atom. The minimum atomic E-state index is -0.000473. The molecule has 2 unspecified atom stereocenters. The first-order valence-electron chi connectivity index (χ1n) is 6.97. The number of nitrogens with one attached hydrogen (secondary N) is 2. The van der Waals surface area contributed by atoms with Crippen molar-refractivity contribution < 1.29 is 14.3 Å². The zero-order chi connectivity index (χ0) is 12.6. The van der Waals surface area contributed by atoms with Crippen molar-refractivity contribution in [3.05, 3.63) is 0 Å². The van der Waals surface area contributed by atoms with E-state index >= 15 is 0 Å². The third-order valence-corrected chi connectivity index (χ3v) is 3.60. The molecule has 2 N–H and O–H groups in total. The Balaban J connectivity index is 0.00000180. The van der Waals surface area contributed by atoms with Gasteiger partial charge in [0.05, 0.1) is 13.2 Å². The molecule has 0 spiro atoms. The molecule has 0 aromatic carbocycles. The van der Waals surface area contributed by atoms with E-state index in [0.29, 0.717) is 18.4 Å². The van der Waals surface area contributed by atoms with Gasteiger partial charge in [-0.2, -0.15) is 0 Å². The summed E-state index contributed by atoms with van der Waals surface area (Å²) in [6.07, 6.45) is 3.46. The van der Waals surface area contributed by atoms with Gasteiger partial charge in [0.25, 0.3) is 0 Å². The summed E-state index contributed by atoms with van der Waals surface area (Å²) in [5.74, 6) is 1.05. The van der Waals surface area contributed by atoms with Crippen molar-refractivity contribution in [1.29, 1.82) is 0 Å². The van der Waals surface area contributed by atoms with Crippen LogP contribution in [0.3, 0.4) is 0 Å². The van der Waals surface area contributed by atoms with Gasteiger partial charge in [0, 0.05) is 19.1 Å². The third-order valence-electron chi connectivity index (χ3n) is 3.60. The average molecular weight is 293 g/mol. The minimum absolute atomic E-state index is 0. The van der Waals surface area contributed by atoms with Crippen LogP contribution in [0.15, 0.2) is 0 Å². The number of carbonyl (C=O) groups excluding carboxylic acids is 1. The van der Waals surface area contributed by atoms with E-state index in [1.807, 2.05) is 0 Å². The smallest absolute Gasteiger partial charge is 0.246 e. The summed E-state index contributed by atoms with van der Waals surface area (Å²) in [6.45, 7) is 5.30. The monoisotopic (exact) mass is 292 g/mol. The summed E-state index contributed by atoms with van der Waals surface area (Å²) in [4.78, 5) is 11.6. The zero-order valence-electron chi connectivity index (χ0n) is 11.4. The maximum absolute atomic E-state index is 11.6. The van der Waals surface area contributed by atoms with E-state index in [-0.39, 0.29) is 24.9 Å². The van der Waals surface area contributed by atoms with Crippen LogP contribution in [0.25, 0.3) is 0 Å². The van der Waals surface area contributed by atoms with Crippen molar-refractivity contribution in [1.82, 2.24) is 10.6 Å². The zero-order valence-corrected chi connectivity index (χ0v) is 12.2. The van der Waals surface area contributed by atoms with Crippen LogP contribution < -0.4 is 10.6 Å². The molecule has 2 rings (SSSR count). The molecule has 5 nitrogen and oxygen atoms in total. The molecule has 112 valence electrons. The molecule has 2 atom stereocenters. The van der Waals surface area contributed by atoms with Gasteiger partial charge in [-0.25, -0.2) is 0 Å². The molecule has 2 aliphatic heterocycles. The average Bonchev–Trinajstić information content (AvgIpc) is 2.91. The van der Waals surface area contributed by atoms with Gasteiger partial charge < -0.3 is 20.1 Å². The van der Waals surface area contributed by atoms with Crippen molar-refractivity contribution in [2.45, 2.75) is 19.3 Å². The fraction of sp³-hybridized carbons (Fsp3) is 0.923.